The van der Waals surface area contributed by atoms with Crippen molar-refractivity contribution in [3.8, 4) is 11.1 Å². The number of anilines is 1. The van der Waals surface area contributed by atoms with E-state index < -0.39 is 23.8 Å². The number of hydrogen-bond donors (Lipinski definition) is 2. The van der Waals surface area contributed by atoms with Gasteiger partial charge in [0.05, 0.1) is 17.4 Å². The van der Waals surface area contributed by atoms with Crippen LogP contribution in [0.5, 0.6) is 0 Å². The molecule has 0 radical (unpaired) electrons. The summed E-state index contributed by atoms with van der Waals surface area (Å²) in [6.45, 7) is 4.76. The smallest absolute Gasteiger partial charge is 0.186 e. The second-order valence-corrected chi connectivity index (χ2v) is 10.7. The van der Waals surface area contributed by atoms with Gasteiger partial charge in [-0.25, -0.2) is 4.39 Å². The molecule has 0 atom stereocenters. The lowest BCUT2D eigenvalue weighted by atomic mass is 9.95. The second-order valence-electron chi connectivity index (χ2n) is 9.87. The first-order valence-corrected chi connectivity index (χ1v) is 13.2. The first-order valence-electron chi connectivity index (χ1n) is 12.4. The predicted octanol–water partition coefficient (Wildman–Crippen LogP) is 8.38. The van der Waals surface area contributed by atoms with E-state index in [2.05, 4.69) is 0 Å². The van der Waals surface area contributed by atoms with Crippen LogP contribution in [0, 0.1) is 18.1 Å². The SMILES string of the molecule is C[CH+]c1cc(-c2ccc(N3C=C(C(C)(C)O)CCC=C3Cc3ccc(Cl)cc3Cl)c(F)c2)cc(F)c1CO. The first-order chi connectivity index (χ1) is 18.0. The Morgan fingerprint density at radius 3 is 2.37 bits per heavy atom. The molecule has 0 saturated carbocycles. The van der Waals surface area contributed by atoms with Gasteiger partial charge in [0.2, 0.25) is 0 Å². The van der Waals surface area contributed by atoms with Gasteiger partial charge >= 0.3 is 0 Å². The van der Waals surface area contributed by atoms with E-state index in [0.29, 0.717) is 51.7 Å². The lowest BCUT2D eigenvalue weighted by molar-refractivity contribution is 0.116. The van der Waals surface area contributed by atoms with Crippen molar-refractivity contribution in [1.82, 2.24) is 0 Å². The molecule has 0 saturated heterocycles. The molecule has 1 aliphatic heterocycles. The Kier molecular flexibility index (Phi) is 8.53. The average molecular weight is 557 g/mol. The highest BCUT2D eigenvalue weighted by atomic mass is 35.5. The lowest BCUT2D eigenvalue weighted by Crippen LogP contribution is -2.25. The van der Waals surface area contributed by atoms with Crippen LogP contribution in [0.15, 0.2) is 72.1 Å². The van der Waals surface area contributed by atoms with Crippen molar-refractivity contribution in [3.63, 3.8) is 0 Å². The van der Waals surface area contributed by atoms with E-state index in [1.165, 1.54) is 12.1 Å². The fourth-order valence-corrected chi connectivity index (χ4v) is 5.11. The zero-order valence-corrected chi connectivity index (χ0v) is 23.0. The molecule has 0 fully saturated rings. The highest BCUT2D eigenvalue weighted by molar-refractivity contribution is 6.35. The summed E-state index contributed by atoms with van der Waals surface area (Å²) in [6, 6.07) is 13.1. The average Bonchev–Trinajstić information content (AvgIpc) is 3.07. The van der Waals surface area contributed by atoms with Gasteiger partial charge in [0.15, 0.2) is 5.82 Å². The minimum Gasteiger partial charge on any atom is -0.386 e. The molecule has 1 aliphatic rings. The quantitative estimate of drug-likeness (QED) is 0.287. The molecule has 4 rings (SSSR count). The minimum atomic E-state index is -1.09. The summed E-state index contributed by atoms with van der Waals surface area (Å²) in [6.07, 6.45) is 7.24. The van der Waals surface area contributed by atoms with Crippen LogP contribution in [0.1, 0.15) is 50.3 Å². The van der Waals surface area contributed by atoms with Gasteiger partial charge in [-0.15, -0.1) is 0 Å². The van der Waals surface area contributed by atoms with Crippen LogP contribution in [0.2, 0.25) is 10.0 Å². The number of halogens is 4. The molecule has 0 spiro atoms. The zero-order valence-electron chi connectivity index (χ0n) is 21.5. The molecule has 1 heterocycles. The van der Waals surface area contributed by atoms with Crippen molar-refractivity contribution < 1.29 is 19.0 Å². The topological polar surface area (TPSA) is 43.7 Å². The Morgan fingerprint density at radius 2 is 1.74 bits per heavy atom. The van der Waals surface area contributed by atoms with Gasteiger partial charge in [-0.05, 0) is 67.7 Å². The highest BCUT2D eigenvalue weighted by Crippen LogP contribution is 2.36. The van der Waals surface area contributed by atoms with Gasteiger partial charge in [-0.2, -0.15) is 4.39 Å². The number of rotatable bonds is 7. The standard InChI is InChI=1S/C31H30Cl2F2NO2/c1-4-19-12-22(15-28(34)26(19)18-37)20-9-11-30(29(35)14-20)36-17-23(31(2,3)38)6-5-7-25(36)13-21-8-10-24(32)16-27(21)33/h4,7-12,14-17,37-38H,5-6,13,18H2,1-3H3/q+1. The van der Waals surface area contributed by atoms with E-state index in [9.17, 15) is 14.6 Å². The molecule has 0 amide bonds. The number of benzene rings is 3. The van der Waals surface area contributed by atoms with Crippen molar-refractivity contribution in [1.29, 1.82) is 0 Å². The molecule has 2 N–H and O–H groups in total. The summed E-state index contributed by atoms with van der Waals surface area (Å²) in [7, 11) is 0. The highest BCUT2D eigenvalue weighted by Gasteiger charge is 2.26. The maximum Gasteiger partial charge on any atom is 0.186 e. The molecule has 0 aliphatic carbocycles. The summed E-state index contributed by atoms with van der Waals surface area (Å²) in [5.41, 5.74) is 3.39. The first kappa shape index (κ1) is 28.2. The fraction of sp³-hybridized carbons (Fsp3) is 0.258. The third kappa shape index (κ3) is 6.08. The van der Waals surface area contributed by atoms with Crippen molar-refractivity contribution >= 4 is 28.9 Å². The maximum atomic E-state index is 15.8. The Balaban J connectivity index is 1.78. The largest absolute Gasteiger partial charge is 0.386 e. The molecule has 38 heavy (non-hydrogen) atoms. The van der Waals surface area contributed by atoms with Crippen molar-refractivity contribution in [2.45, 2.75) is 52.2 Å². The third-order valence-corrected chi connectivity index (χ3v) is 7.39. The number of hydrogen-bond acceptors (Lipinski definition) is 3. The molecule has 3 aromatic carbocycles. The van der Waals surface area contributed by atoms with Crippen molar-refractivity contribution in [3.05, 3.63) is 117 Å². The van der Waals surface area contributed by atoms with Crippen molar-refractivity contribution in [2.75, 3.05) is 4.90 Å². The molecule has 198 valence electrons. The normalized spacial score (nSPS) is 14.2. The third-order valence-electron chi connectivity index (χ3n) is 6.80. The number of aliphatic hydroxyl groups excluding tert-OH is 1. The molecule has 3 aromatic rings. The monoisotopic (exact) mass is 556 g/mol. The summed E-state index contributed by atoms with van der Waals surface area (Å²) >= 11 is 12.5. The Morgan fingerprint density at radius 1 is 1.00 bits per heavy atom. The number of allylic oxidation sites excluding steroid dienone is 2. The lowest BCUT2D eigenvalue weighted by Gasteiger charge is -2.28. The molecule has 3 nitrogen and oxygen atoms in total. The van der Waals surface area contributed by atoms with E-state index in [4.69, 9.17) is 23.2 Å². The van der Waals surface area contributed by atoms with E-state index >= 15 is 4.39 Å². The van der Waals surface area contributed by atoms with Crippen LogP contribution in [0.4, 0.5) is 14.5 Å². The Bertz CT molecular complexity index is 1410. The van der Waals surface area contributed by atoms with Gasteiger partial charge in [-0.3, -0.25) is 0 Å². The summed E-state index contributed by atoms with van der Waals surface area (Å²) < 4.78 is 30.4. The maximum absolute atomic E-state index is 15.8. The van der Waals surface area contributed by atoms with Crippen LogP contribution in [-0.4, -0.2) is 15.8 Å². The van der Waals surface area contributed by atoms with Gasteiger partial charge < -0.3 is 15.1 Å². The molecular formula is C31H30Cl2F2NO2+. The molecule has 0 aromatic heterocycles. The molecule has 7 heteroatoms. The minimum absolute atomic E-state index is 0.206. The van der Waals surface area contributed by atoms with Crippen LogP contribution in [0.3, 0.4) is 0 Å². The van der Waals surface area contributed by atoms with Gasteiger partial charge in [0.1, 0.15) is 23.6 Å². The van der Waals surface area contributed by atoms with Crippen LogP contribution < -0.4 is 4.90 Å². The zero-order chi connectivity index (χ0) is 27.6. The van der Waals surface area contributed by atoms with E-state index in [0.717, 1.165) is 16.8 Å². The molecule has 0 unspecified atom stereocenters. The van der Waals surface area contributed by atoms with Crippen LogP contribution in [0.25, 0.3) is 11.1 Å². The van der Waals surface area contributed by atoms with Gasteiger partial charge in [0, 0.05) is 53.3 Å². The summed E-state index contributed by atoms with van der Waals surface area (Å²) in [5, 5.41) is 21.3. The summed E-state index contributed by atoms with van der Waals surface area (Å²) in [5.74, 6) is -1.05. The Labute approximate surface area is 232 Å². The van der Waals surface area contributed by atoms with Gasteiger partial charge in [0.25, 0.3) is 0 Å². The fourth-order valence-electron chi connectivity index (χ4n) is 4.63. The van der Waals surface area contributed by atoms with Gasteiger partial charge in [-0.1, -0.05) is 41.4 Å². The van der Waals surface area contributed by atoms with Crippen molar-refractivity contribution in [2.24, 2.45) is 0 Å². The molecular weight excluding hydrogens is 527 g/mol. The molecule has 0 bridgehead atoms. The van der Waals surface area contributed by atoms with E-state index in [1.807, 2.05) is 12.1 Å². The second kappa shape index (κ2) is 11.5. The van der Waals surface area contributed by atoms with Crippen LogP contribution in [-0.2, 0) is 13.0 Å². The summed E-state index contributed by atoms with van der Waals surface area (Å²) in [4.78, 5) is 1.76. The predicted molar refractivity (Wildman–Crippen MR) is 151 cm³/mol. The van der Waals surface area contributed by atoms with E-state index in [-0.39, 0.29) is 5.56 Å². The van der Waals surface area contributed by atoms with Crippen LogP contribution >= 0.6 is 23.2 Å². The number of nitrogens with zero attached hydrogens (tertiary/aromatic N) is 1. The number of aliphatic hydroxyl groups is 2. The van der Waals surface area contributed by atoms with E-state index in [1.54, 1.807) is 68.6 Å². The Hall–Kier alpha value is -2.83.